The van der Waals surface area contributed by atoms with Gasteiger partial charge in [-0.25, -0.2) is 13.0 Å². The Morgan fingerprint density at radius 3 is 1.62 bits per heavy atom. The largest absolute Gasteiger partial charge is 1.00 e. The molecule has 0 bridgehead atoms. The second-order valence-electron chi connectivity index (χ2n) is 27.0. The Hall–Kier alpha value is -9.54. The van der Waals surface area contributed by atoms with E-state index in [0.717, 1.165) is 29.9 Å². The summed E-state index contributed by atoms with van der Waals surface area (Å²) in [5.41, 5.74) is 23.0. The van der Waals surface area contributed by atoms with Crippen molar-refractivity contribution in [3.8, 4) is 0 Å². The first kappa shape index (κ1) is 76.2. The lowest BCUT2D eigenvalue weighted by Gasteiger charge is -2.25. The predicted octanol–water partition coefficient (Wildman–Crippen LogP) is 16.4. The van der Waals surface area contributed by atoms with Crippen LogP contribution >= 0.6 is 11.6 Å². The van der Waals surface area contributed by atoms with E-state index in [0.29, 0.717) is 0 Å². The second-order valence-corrected chi connectivity index (χ2v) is 28.8. The molecular formula is C84H90BClF4N6O3S. The number of nitrogens with zero attached hydrogens (tertiary/aromatic N) is 6. The van der Waals surface area contributed by atoms with Gasteiger partial charge in [0.2, 0.25) is 5.69 Å². The molecule has 4 aliphatic rings. The van der Waals surface area contributed by atoms with Gasteiger partial charge < -0.3 is 28.9 Å². The molecule has 2 aliphatic carbocycles. The molecule has 9 nitrogen and oxygen atoms in total. The number of rotatable bonds is 12. The van der Waals surface area contributed by atoms with Crippen LogP contribution < -0.4 is 24.3 Å². The lowest BCUT2D eigenvalue weighted by atomic mass is 9.79. The molecule has 518 valence electrons. The average molecular weight is 1390 g/mol. The van der Waals surface area contributed by atoms with E-state index in [4.69, 9.17) is 11.6 Å². The minimum Gasteiger partial charge on any atom is -1.00 e. The normalized spacial score (nSPS) is 15.8. The number of anilines is 4. The van der Waals surface area contributed by atoms with Crippen molar-refractivity contribution in [3.63, 3.8) is 0 Å². The molecule has 0 saturated carbocycles. The van der Waals surface area contributed by atoms with E-state index in [1.807, 2.05) is 6.92 Å². The Kier molecular flexibility index (Phi) is 24.9. The Bertz CT molecular complexity index is 4710. The molecule has 8 aromatic rings. The summed E-state index contributed by atoms with van der Waals surface area (Å²) in [5, 5.41) is 6.17. The molecule has 8 aromatic carbocycles. The van der Waals surface area contributed by atoms with Crippen molar-refractivity contribution in [2.75, 3.05) is 90.1 Å². The lowest BCUT2D eigenvalue weighted by molar-refractivity contribution is -0.462. The van der Waals surface area contributed by atoms with E-state index in [9.17, 15) is 25.9 Å². The van der Waals surface area contributed by atoms with Crippen molar-refractivity contribution in [1.29, 1.82) is 0 Å². The van der Waals surface area contributed by atoms with Crippen molar-refractivity contribution < 1.29 is 39.8 Å². The monoisotopic (exact) mass is 1380 g/mol. The van der Waals surface area contributed by atoms with Gasteiger partial charge in [-0.15, -0.1) is 0 Å². The molecular weight excluding hydrogens is 1300 g/mol. The molecule has 0 spiro atoms. The SMILES string of the molecule is CN(C)c1ccc(C(=C/C=C/C(=C2C=CC(=[N+](C)C)C=C2)c2ccc(N(C)C)cc2)c2ccc(N(C)C)cc2)cc1.CN1C(=CC=C2CCCC(C=CC3=[N+](C)c4ccc5ccccc5c4C3(C)C)=C2Cl)C(C)(C)c2c1ccc1ccccc21.Cc1ccc(S(=O)(=O)[O-])cc1.FB(F)F.[F-]. The first-order valence-corrected chi connectivity index (χ1v) is 35.0. The van der Waals surface area contributed by atoms with Crippen LogP contribution in [0, 0.1) is 6.92 Å². The summed E-state index contributed by atoms with van der Waals surface area (Å²) in [6.45, 7) is 11.2. The quantitative estimate of drug-likeness (QED) is 0.0397. The number of halogens is 5. The smallest absolute Gasteiger partial charge is 0.762 e. The van der Waals surface area contributed by atoms with Crippen LogP contribution in [0.3, 0.4) is 0 Å². The highest BCUT2D eigenvalue weighted by Crippen LogP contribution is 2.51. The Balaban J connectivity index is 0.000000209. The number of likely N-dealkylation sites (N-methyl/N-ethyl adjacent to an activating group) is 1. The van der Waals surface area contributed by atoms with Gasteiger partial charge in [0.05, 0.1) is 10.3 Å². The molecule has 0 fully saturated rings. The molecule has 0 unspecified atom stereocenters. The first-order valence-electron chi connectivity index (χ1n) is 33.2. The van der Waals surface area contributed by atoms with Crippen LogP contribution in [0.5, 0.6) is 0 Å². The Labute approximate surface area is 595 Å². The zero-order valence-electron chi connectivity index (χ0n) is 59.9. The summed E-state index contributed by atoms with van der Waals surface area (Å²) >= 11 is 7.16. The number of hydrogen-bond donors (Lipinski definition) is 0. The third-order valence-corrected chi connectivity index (χ3v) is 20.1. The van der Waals surface area contributed by atoms with Gasteiger partial charge in [0.25, 0.3) is 0 Å². The van der Waals surface area contributed by atoms with Crippen LogP contribution in [-0.2, 0) is 20.9 Å². The van der Waals surface area contributed by atoms with Crippen molar-refractivity contribution in [3.05, 3.63) is 298 Å². The van der Waals surface area contributed by atoms with Crippen molar-refractivity contribution >= 4 is 102 Å². The first-order chi connectivity index (χ1) is 47.0. The van der Waals surface area contributed by atoms with Gasteiger partial charge >= 0.3 is 7.54 Å². The van der Waals surface area contributed by atoms with E-state index in [1.165, 1.54) is 135 Å². The molecule has 12 rings (SSSR count). The predicted molar refractivity (Wildman–Crippen MR) is 414 cm³/mol. The van der Waals surface area contributed by atoms with Crippen LogP contribution in [0.4, 0.5) is 41.4 Å². The molecule has 16 heteroatoms. The Morgan fingerprint density at radius 1 is 0.630 bits per heavy atom. The van der Waals surface area contributed by atoms with Crippen LogP contribution in [-0.4, -0.2) is 112 Å². The number of hydrogen-bond acceptors (Lipinski definition) is 7. The minimum atomic E-state index is -4.27. The van der Waals surface area contributed by atoms with Gasteiger partial charge in [0.1, 0.15) is 31.3 Å². The topological polar surface area (TPSA) is 76.2 Å². The van der Waals surface area contributed by atoms with Gasteiger partial charge in [-0.1, -0.05) is 165 Å². The molecule has 2 aliphatic heterocycles. The molecule has 0 saturated heterocycles. The summed E-state index contributed by atoms with van der Waals surface area (Å²) in [7, 11) is 13.0. The molecule has 0 N–H and O–H groups in total. The average Bonchev–Trinajstić information content (AvgIpc) is 1.58. The van der Waals surface area contributed by atoms with E-state index < -0.39 is 17.7 Å². The molecule has 2 heterocycles. The summed E-state index contributed by atoms with van der Waals surface area (Å²) in [6.07, 6.45) is 27.7. The van der Waals surface area contributed by atoms with Crippen molar-refractivity contribution in [2.24, 2.45) is 0 Å². The highest BCUT2D eigenvalue weighted by molar-refractivity contribution is 7.85. The van der Waals surface area contributed by atoms with Crippen LogP contribution in [0.1, 0.15) is 80.3 Å². The maximum Gasteiger partial charge on any atom is 0.762 e. The van der Waals surface area contributed by atoms with Gasteiger partial charge in [0, 0.05) is 118 Å². The third kappa shape index (κ3) is 17.5. The highest BCUT2D eigenvalue weighted by atomic mass is 35.5. The summed E-state index contributed by atoms with van der Waals surface area (Å²) in [4.78, 5) is 8.56. The van der Waals surface area contributed by atoms with Crippen LogP contribution in [0.15, 0.2) is 269 Å². The highest BCUT2D eigenvalue weighted by Gasteiger charge is 2.44. The van der Waals surface area contributed by atoms with Gasteiger partial charge in [-0.3, -0.25) is 12.9 Å². The molecule has 0 aromatic heterocycles. The lowest BCUT2D eigenvalue weighted by Crippen LogP contribution is -3.00. The Morgan fingerprint density at radius 2 is 1.12 bits per heavy atom. The second kappa shape index (κ2) is 32.6. The van der Waals surface area contributed by atoms with E-state index in [2.05, 4.69) is 339 Å². The molecule has 0 atom stereocenters. The number of fused-ring (bicyclic) bond motifs is 6. The molecule has 100 heavy (non-hydrogen) atoms. The van der Waals surface area contributed by atoms with E-state index in [-0.39, 0.29) is 20.4 Å². The number of benzene rings is 8. The fourth-order valence-corrected chi connectivity index (χ4v) is 14.2. The summed E-state index contributed by atoms with van der Waals surface area (Å²) in [6, 6.07) is 58.6. The zero-order valence-corrected chi connectivity index (χ0v) is 61.5. The van der Waals surface area contributed by atoms with Gasteiger partial charge in [-0.2, -0.15) is 4.58 Å². The van der Waals surface area contributed by atoms with Crippen LogP contribution in [0.25, 0.3) is 32.7 Å². The van der Waals surface area contributed by atoms with Gasteiger partial charge in [-0.05, 0) is 191 Å². The summed E-state index contributed by atoms with van der Waals surface area (Å²) < 4.78 is 64.7. The number of aryl methyl sites for hydroxylation is 1. The van der Waals surface area contributed by atoms with E-state index in [1.54, 1.807) is 12.1 Å². The third-order valence-electron chi connectivity index (χ3n) is 18.7. The van der Waals surface area contributed by atoms with Crippen molar-refractivity contribution in [1.82, 2.24) is 0 Å². The molecule has 0 amide bonds. The minimum absolute atomic E-state index is 0. The fourth-order valence-electron chi connectivity index (χ4n) is 13.4. The van der Waals surface area contributed by atoms with Gasteiger partial charge in [0.15, 0.2) is 11.4 Å². The summed E-state index contributed by atoms with van der Waals surface area (Å²) in [5.74, 6) is 0. The maximum absolute atomic E-state index is 10.4. The zero-order chi connectivity index (χ0) is 71.7. The standard InChI is InChI=1S/C40H40ClN2.C37H43N4.C7H8O3S.BF3.FH/c1-39(2)34(42(5)32-22-18-26-12-7-9-16-30(26)36(32)39)24-20-28-14-11-15-29(38(28)41)21-25-35-40(3,4)37-31-17-10-8-13-27(31)19-23-33(37)43(35)6;1-38(2)32-20-12-28(13-21-32)36(29-14-22-33(23-15-29)39(3)4)10-9-11-37(30-16-24-34(25-17-30)40(5)6)31-18-26-35(27-19-31)41(7)8;1-6-2-4-7(5-3-6)11(8,9)10;2-1(3)4;/h7-10,12-13,16-25H,11,14-15H2,1-6H3;9-27H,1-8H3;2-5H,1H3,(H,8,9,10);;1H/q2*+1;;;/p-2. The van der Waals surface area contributed by atoms with Crippen molar-refractivity contribution in [2.45, 2.75) is 69.6 Å². The maximum atomic E-state index is 10.4. The van der Waals surface area contributed by atoms with E-state index >= 15 is 0 Å². The fraction of sp³-hybridized carbons (Fsp3) is 0.238. The number of allylic oxidation sites excluding steroid dienone is 17. The molecule has 0 radical (unpaired) electrons. The van der Waals surface area contributed by atoms with Crippen LogP contribution in [0.2, 0.25) is 0 Å².